The number of ether oxygens (including phenoxy) is 1. The molecule has 0 aliphatic rings. The number of nitrogens with one attached hydrogen (secondary N) is 1. The first-order valence-electron chi connectivity index (χ1n) is 16.6. The average molecular weight is 876 g/mol. The molecule has 0 fully saturated rings. The summed E-state index contributed by atoms with van der Waals surface area (Å²) in [5.41, 5.74) is -2.58. The summed E-state index contributed by atoms with van der Waals surface area (Å²) >= 11 is 0.429. The molecule has 5 aromatic carbocycles. The second kappa shape index (κ2) is 17.6. The number of carboxylic acids is 2. The fourth-order valence-corrected chi connectivity index (χ4v) is 6.46. The Kier molecular flexibility index (Phi) is 12.4. The zero-order chi connectivity index (χ0) is 44.2. The Hall–Kier alpha value is -7.75. The molecule has 0 aliphatic carbocycles. The van der Waals surface area contributed by atoms with Gasteiger partial charge in [0.05, 0.1) is 56.6 Å². The first-order chi connectivity index (χ1) is 29.0. The summed E-state index contributed by atoms with van der Waals surface area (Å²) in [5.74, 6) is -3.38. The van der Waals surface area contributed by atoms with Crippen LogP contribution >= 0.6 is 12.0 Å². The highest BCUT2D eigenvalue weighted by Crippen LogP contribution is 2.46. The van der Waals surface area contributed by atoms with Crippen LogP contribution in [0, 0.1) is 17.0 Å². The van der Waals surface area contributed by atoms with Gasteiger partial charge in [-0.15, -0.1) is 19.7 Å². The van der Waals surface area contributed by atoms with E-state index in [1.165, 1.54) is 49.6 Å². The minimum atomic E-state index is -4.54. The van der Waals surface area contributed by atoms with Gasteiger partial charge >= 0.3 is 11.9 Å². The van der Waals surface area contributed by atoms with Gasteiger partial charge in [-0.2, -0.15) is 23.8 Å². The van der Waals surface area contributed by atoms with E-state index in [1.807, 2.05) is 0 Å². The third kappa shape index (κ3) is 9.28. The molecule has 0 saturated carbocycles. The van der Waals surface area contributed by atoms with E-state index in [4.69, 9.17) is 9.99 Å². The van der Waals surface area contributed by atoms with E-state index in [9.17, 15) is 52.8 Å². The van der Waals surface area contributed by atoms with Crippen LogP contribution in [0.1, 0.15) is 26.4 Å². The van der Waals surface area contributed by atoms with Crippen LogP contribution in [-0.2, 0) is 19.5 Å². The molecule has 0 unspecified atom stereocenters. The maximum Gasteiger partial charge on any atom is 0.356 e. The molecule has 0 bridgehead atoms. The number of aryl methyl sites for hydroxylation is 1. The summed E-state index contributed by atoms with van der Waals surface area (Å²) in [6, 6.07) is 16.1. The van der Waals surface area contributed by atoms with Crippen molar-refractivity contribution in [2.75, 3.05) is 7.11 Å². The number of aromatic amines is 1. The zero-order valence-electron chi connectivity index (χ0n) is 30.7. The maximum absolute atomic E-state index is 13.2. The molecular weight excluding hydrogens is 851 g/mol. The fourth-order valence-electron chi connectivity index (χ4n) is 5.48. The molecule has 0 spiro atoms. The number of benzene rings is 5. The number of H-pyrrole nitrogens is 1. The largest absolute Gasteiger partial charge is 0.505 e. The Morgan fingerprint density at radius 3 is 2.15 bits per heavy atom. The highest BCUT2D eigenvalue weighted by molar-refractivity contribution is 7.94. The van der Waals surface area contributed by atoms with Crippen molar-refractivity contribution < 1.29 is 62.2 Å². The van der Waals surface area contributed by atoms with Crippen LogP contribution in [0.15, 0.2) is 124 Å². The summed E-state index contributed by atoms with van der Waals surface area (Å²) in [7, 11) is -3.21. The van der Waals surface area contributed by atoms with Crippen LogP contribution in [0.3, 0.4) is 0 Å². The minimum Gasteiger partial charge on any atom is -0.505 e. The highest BCUT2D eigenvalue weighted by atomic mass is 32.2. The van der Waals surface area contributed by atoms with Crippen LogP contribution in [0.25, 0.3) is 16.5 Å². The number of nitro groups is 1. The number of carbonyl (C=O) groups is 2. The minimum absolute atomic E-state index is 0.0162. The molecule has 0 atom stereocenters. The number of hydrogen-bond donors (Lipinski definition) is 6. The van der Waals surface area contributed by atoms with Gasteiger partial charge in [-0.3, -0.25) is 24.6 Å². The topological polar surface area (TPSA) is 352 Å². The quantitative estimate of drug-likeness (QED) is 0.0140. The van der Waals surface area contributed by atoms with Gasteiger partial charge in [-0.05, 0) is 84.6 Å². The summed E-state index contributed by atoms with van der Waals surface area (Å²) in [5, 5.41) is 81.5. The van der Waals surface area contributed by atoms with Crippen molar-refractivity contribution in [3.8, 4) is 17.2 Å². The number of aromatic hydroxyl groups is 1. The number of rotatable bonds is 15. The summed E-state index contributed by atoms with van der Waals surface area (Å²) < 4.78 is 42.9. The Morgan fingerprint density at radius 1 is 0.852 bits per heavy atom. The number of aromatic nitrogens is 2. The third-order valence-corrected chi connectivity index (χ3v) is 9.85. The lowest BCUT2D eigenvalue weighted by atomic mass is 10.1. The monoisotopic (exact) mass is 875 g/mol. The Bertz CT molecular complexity index is 3020. The smallest absolute Gasteiger partial charge is 0.356 e. The van der Waals surface area contributed by atoms with Gasteiger partial charge < -0.3 is 20.1 Å². The number of nitro benzene ring substituents is 1. The van der Waals surface area contributed by atoms with Crippen molar-refractivity contribution in [2.24, 2.45) is 30.7 Å². The molecule has 61 heavy (non-hydrogen) atoms. The predicted molar refractivity (Wildman–Crippen MR) is 210 cm³/mol. The molecular formula is C35H25N9O15S2. The number of fused-ring (bicyclic) bond motifs is 1. The Balaban J connectivity index is 1.31. The second-order valence-electron chi connectivity index (χ2n) is 12.1. The van der Waals surface area contributed by atoms with Crippen LogP contribution in [0.5, 0.6) is 11.5 Å². The molecule has 1 heterocycles. The van der Waals surface area contributed by atoms with Gasteiger partial charge in [0.1, 0.15) is 22.7 Å². The van der Waals surface area contributed by atoms with E-state index in [0.717, 1.165) is 41.1 Å². The van der Waals surface area contributed by atoms with E-state index >= 15 is 0 Å². The van der Waals surface area contributed by atoms with Gasteiger partial charge in [0, 0.05) is 17.5 Å². The average Bonchev–Trinajstić information content (AvgIpc) is 3.56. The van der Waals surface area contributed by atoms with Crippen LogP contribution in [0.2, 0.25) is 0 Å². The fraction of sp³-hybridized carbons (Fsp3) is 0.0571. The highest BCUT2D eigenvalue weighted by Gasteiger charge is 2.23. The molecule has 6 rings (SSSR count). The molecule has 24 nitrogen and oxygen atoms in total. The molecule has 0 saturated heterocycles. The van der Waals surface area contributed by atoms with Crippen LogP contribution in [0.4, 0.5) is 39.8 Å². The van der Waals surface area contributed by atoms with Crippen molar-refractivity contribution >= 4 is 84.7 Å². The zero-order valence-corrected chi connectivity index (χ0v) is 32.4. The number of nitrogens with zero attached hydrogens (tertiary/aromatic N) is 8. The number of azo groups is 3. The second-order valence-corrected chi connectivity index (χ2v) is 14.3. The number of hydrogen-bond acceptors (Lipinski definition) is 19. The van der Waals surface area contributed by atoms with Gasteiger partial charge in [-0.1, -0.05) is 5.04 Å². The van der Waals surface area contributed by atoms with Crippen molar-refractivity contribution in [2.45, 2.75) is 16.7 Å². The predicted octanol–water partition coefficient (Wildman–Crippen LogP) is 8.57. The van der Waals surface area contributed by atoms with Gasteiger partial charge in [0.25, 0.3) is 21.4 Å². The molecule has 312 valence electrons. The lowest BCUT2D eigenvalue weighted by molar-refractivity contribution is -0.432. The molecule has 26 heteroatoms. The first-order valence-corrected chi connectivity index (χ1v) is 18.7. The normalized spacial score (nSPS) is 11.9. The number of phenolic OH excluding ortho intramolecular Hbond substituents is 1. The lowest BCUT2D eigenvalue weighted by Gasteiger charge is -2.10. The summed E-state index contributed by atoms with van der Waals surface area (Å²) in [6.07, 6.45) is 0. The maximum atomic E-state index is 13.2. The van der Waals surface area contributed by atoms with E-state index in [1.54, 1.807) is 6.92 Å². The number of aromatic carboxylic acids is 2. The lowest BCUT2D eigenvalue weighted by Crippen LogP contribution is -2.14. The van der Waals surface area contributed by atoms with Crippen LogP contribution in [-0.4, -0.2) is 67.3 Å². The summed E-state index contributed by atoms with van der Waals surface area (Å²) in [6.45, 7) is 1.64. The van der Waals surface area contributed by atoms with Crippen molar-refractivity contribution in [3.05, 3.63) is 116 Å². The summed E-state index contributed by atoms with van der Waals surface area (Å²) in [4.78, 5) is 46.7. The molecule has 0 radical (unpaired) electrons. The third-order valence-electron chi connectivity index (χ3n) is 8.36. The first kappa shape index (κ1) is 42.8. The Morgan fingerprint density at radius 2 is 1.51 bits per heavy atom. The van der Waals surface area contributed by atoms with E-state index in [2.05, 4.69) is 45.2 Å². The number of carboxylic acid groups (broad SMARTS) is 2. The van der Waals surface area contributed by atoms with Crippen molar-refractivity contribution in [3.63, 3.8) is 0 Å². The molecule has 6 aromatic rings. The van der Waals surface area contributed by atoms with Crippen molar-refractivity contribution in [1.29, 1.82) is 0 Å². The van der Waals surface area contributed by atoms with Gasteiger partial charge in [-0.25, -0.2) is 19.5 Å². The van der Waals surface area contributed by atoms with E-state index in [0.29, 0.717) is 17.6 Å². The van der Waals surface area contributed by atoms with E-state index < -0.39 is 65.8 Å². The molecule has 1 aromatic heterocycles. The molecule has 6 N–H and O–H groups in total. The van der Waals surface area contributed by atoms with Gasteiger partial charge in [0.15, 0.2) is 17.1 Å². The van der Waals surface area contributed by atoms with Crippen molar-refractivity contribution in [1.82, 2.24) is 9.78 Å². The van der Waals surface area contributed by atoms with E-state index in [-0.39, 0.29) is 55.5 Å². The SMILES string of the molecule is COc1cc(N=Nc2ccc([N+](=O)[O-])c(C(=O)O)c2)c(C)cc1N=Nc1c(SOOO)cc2cc(N=Nc3c(C(=O)O)[nH]n(-c4ccc(S(=O)(=O)O)cc4)c3=O)ccc2c1O. The Labute approximate surface area is 343 Å². The van der Waals surface area contributed by atoms with Crippen LogP contribution < -0.4 is 10.3 Å². The molecule has 0 aliphatic heterocycles. The van der Waals surface area contributed by atoms with Gasteiger partial charge in [0.2, 0.25) is 0 Å². The number of phenols is 1. The standard InChI is InChI=1S/C35H25N9O15S2/c1-16-11-25(27(57-2)15-24(16)38-36-19-4-10-26(44(51)52)23(14-19)34(47)48)39-40-29-28(60-59-58-53)13-17-12-18(3-9-22(17)32(29)45)37-41-30-31(35(49)50)42-43(33(30)46)20-5-7-21(8-6-20)61(54,55)56/h3-15,42,45,53H,1-2H3,(H,47,48)(H,49,50)(H,54,55,56). The molecule has 0 amide bonds. The number of methoxy groups -OCH3 is 1.